The van der Waals surface area contributed by atoms with Crippen LogP contribution in [0.5, 0.6) is 0 Å². The van der Waals surface area contributed by atoms with E-state index in [9.17, 15) is 30.0 Å². The molecule has 4 N–H and O–H groups in total. The van der Waals surface area contributed by atoms with Crippen molar-refractivity contribution in [3.05, 3.63) is 11.6 Å². The third-order valence-corrected chi connectivity index (χ3v) is 15.3. The molecule has 1 saturated heterocycles. The normalized spacial score (nSPS) is 50.9. The number of aliphatic hydroxyl groups excluding tert-OH is 3. The van der Waals surface area contributed by atoms with Gasteiger partial charge in [0.2, 0.25) is 0 Å². The van der Waals surface area contributed by atoms with Crippen molar-refractivity contribution in [1.29, 1.82) is 0 Å². The Hall–Kier alpha value is -1.52. The lowest BCUT2D eigenvalue weighted by atomic mass is 9.33. The smallest absolute Gasteiger partial charge is 0.337 e. The molecule has 0 amide bonds. The van der Waals surface area contributed by atoms with Gasteiger partial charge in [-0.3, -0.25) is 4.79 Å². The van der Waals surface area contributed by atoms with E-state index in [1.54, 1.807) is 0 Å². The Balaban J connectivity index is 1.28. The van der Waals surface area contributed by atoms with Crippen LogP contribution in [0.25, 0.3) is 0 Å². The van der Waals surface area contributed by atoms with Crippen LogP contribution in [-0.2, 0) is 23.8 Å². The van der Waals surface area contributed by atoms with Gasteiger partial charge in [-0.2, -0.15) is 0 Å². The van der Waals surface area contributed by atoms with E-state index in [0.29, 0.717) is 11.8 Å². The third kappa shape index (κ3) is 4.64. The second-order valence-corrected chi connectivity index (χ2v) is 18.1. The number of aliphatic hydroxyl groups is 3. The van der Waals surface area contributed by atoms with Crippen LogP contribution in [0, 0.1) is 50.2 Å². The van der Waals surface area contributed by atoms with E-state index in [-0.39, 0.29) is 39.1 Å². The summed E-state index contributed by atoms with van der Waals surface area (Å²) in [6, 6.07) is 0. The van der Waals surface area contributed by atoms with Crippen molar-refractivity contribution in [2.75, 3.05) is 7.11 Å². The van der Waals surface area contributed by atoms with E-state index in [4.69, 9.17) is 14.2 Å². The summed E-state index contributed by atoms with van der Waals surface area (Å²) in [4.78, 5) is 25.2. The first kappa shape index (κ1) is 34.3. The van der Waals surface area contributed by atoms with Crippen molar-refractivity contribution in [3.63, 3.8) is 0 Å². The Bertz CT molecular complexity index is 1280. The van der Waals surface area contributed by atoms with E-state index < -0.39 is 48.1 Å². The summed E-state index contributed by atoms with van der Waals surface area (Å²) in [5.74, 6) is -0.600. The number of methoxy groups -OCH3 is 1. The molecule has 9 heteroatoms. The molecular formula is C37H58O9. The molecule has 1 heterocycles. The Morgan fingerprint density at radius 1 is 0.848 bits per heavy atom. The summed E-state index contributed by atoms with van der Waals surface area (Å²) >= 11 is 0. The second-order valence-electron chi connectivity index (χ2n) is 18.1. The maximum Gasteiger partial charge on any atom is 0.337 e. The predicted molar refractivity (Wildman–Crippen MR) is 170 cm³/mol. The second kappa shape index (κ2) is 11.0. The van der Waals surface area contributed by atoms with Crippen molar-refractivity contribution >= 4 is 11.9 Å². The molecule has 0 aromatic carbocycles. The van der Waals surface area contributed by atoms with Crippen LogP contribution in [0.1, 0.15) is 113 Å². The highest BCUT2D eigenvalue weighted by Gasteiger charge is 2.69. The van der Waals surface area contributed by atoms with E-state index >= 15 is 0 Å². The molecule has 0 bridgehead atoms. The van der Waals surface area contributed by atoms with Gasteiger partial charge in [0.05, 0.1) is 18.6 Å². The lowest BCUT2D eigenvalue weighted by molar-refractivity contribution is -0.324. The molecule has 46 heavy (non-hydrogen) atoms. The van der Waals surface area contributed by atoms with Crippen molar-refractivity contribution in [2.24, 2.45) is 50.2 Å². The van der Waals surface area contributed by atoms with Crippen LogP contribution < -0.4 is 0 Å². The van der Waals surface area contributed by atoms with Crippen molar-refractivity contribution in [1.82, 2.24) is 0 Å². The number of hydrogen-bond donors (Lipinski definition) is 4. The minimum atomic E-state index is -1.62. The van der Waals surface area contributed by atoms with E-state index in [0.717, 1.165) is 64.2 Å². The number of esters is 1. The fourth-order valence-electron chi connectivity index (χ4n) is 12.3. The Kier molecular flexibility index (Phi) is 8.21. The molecule has 0 radical (unpaired) electrons. The SMILES string of the molecule is COC(=O)[C@H]1O[C@@H](O[C@H]2CC[C@@]3(C)[C@H](CC[C@]4(C)[C@H]3CC=C3[C@@H]5CC(C)(C)CC[C@]5(C(=O)O)CC[C@]34C)C2(C)C)[C@H](O)[C@@H](O)[C@@H]1O. The largest absolute Gasteiger partial charge is 0.481 e. The molecule has 13 atom stereocenters. The van der Waals surface area contributed by atoms with E-state index in [1.165, 1.54) is 12.7 Å². The minimum Gasteiger partial charge on any atom is -0.481 e. The molecule has 4 saturated carbocycles. The maximum atomic E-state index is 13.0. The van der Waals surface area contributed by atoms with Crippen LogP contribution in [0.15, 0.2) is 11.6 Å². The fourth-order valence-corrected chi connectivity index (χ4v) is 12.3. The number of ether oxygens (including phenoxy) is 3. The molecule has 0 aromatic rings. The van der Waals surface area contributed by atoms with Gasteiger partial charge in [-0.1, -0.05) is 60.1 Å². The zero-order valence-corrected chi connectivity index (χ0v) is 29.2. The first-order valence-electron chi connectivity index (χ1n) is 17.7. The average Bonchev–Trinajstić information content (AvgIpc) is 2.98. The van der Waals surface area contributed by atoms with E-state index in [2.05, 4.69) is 54.5 Å². The Morgan fingerprint density at radius 2 is 1.52 bits per heavy atom. The number of allylic oxidation sites excluding steroid dienone is 2. The fraction of sp³-hybridized carbons (Fsp3) is 0.892. The highest BCUT2D eigenvalue weighted by molar-refractivity contribution is 5.77. The molecule has 0 unspecified atom stereocenters. The van der Waals surface area contributed by atoms with Gasteiger partial charge in [-0.15, -0.1) is 0 Å². The monoisotopic (exact) mass is 646 g/mol. The van der Waals surface area contributed by atoms with Gasteiger partial charge in [0.15, 0.2) is 12.4 Å². The van der Waals surface area contributed by atoms with Gasteiger partial charge < -0.3 is 34.6 Å². The molecule has 6 aliphatic rings. The van der Waals surface area contributed by atoms with Gasteiger partial charge in [-0.05, 0) is 109 Å². The minimum absolute atomic E-state index is 0.0187. The van der Waals surface area contributed by atoms with Crippen molar-refractivity contribution in [3.8, 4) is 0 Å². The Morgan fingerprint density at radius 3 is 2.17 bits per heavy atom. The first-order chi connectivity index (χ1) is 21.3. The zero-order valence-electron chi connectivity index (χ0n) is 29.2. The van der Waals surface area contributed by atoms with Crippen LogP contribution >= 0.6 is 0 Å². The van der Waals surface area contributed by atoms with Crippen LogP contribution in [0.2, 0.25) is 0 Å². The average molecular weight is 647 g/mol. The molecule has 1 aliphatic heterocycles. The summed E-state index contributed by atoms with van der Waals surface area (Å²) in [5, 5.41) is 42.4. The molecule has 5 fully saturated rings. The maximum absolute atomic E-state index is 13.0. The number of fused-ring (bicyclic) bond motifs is 7. The molecule has 0 aromatic heterocycles. The highest BCUT2D eigenvalue weighted by atomic mass is 16.7. The van der Waals surface area contributed by atoms with Gasteiger partial charge >= 0.3 is 11.9 Å². The molecular weight excluding hydrogens is 588 g/mol. The quantitative estimate of drug-likeness (QED) is 0.183. The molecule has 5 aliphatic carbocycles. The van der Waals surface area contributed by atoms with Gasteiger partial charge in [0.25, 0.3) is 0 Å². The summed E-state index contributed by atoms with van der Waals surface area (Å²) in [7, 11) is 1.18. The van der Waals surface area contributed by atoms with Crippen LogP contribution in [0.3, 0.4) is 0 Å². The molecule has 9 nitrogen and oxygen atoms in total. The lowest BCUT2D eigenvalue weighted by Gasteiger charge is -2.71. The van der Waals surface area contributed by atoms with Crippen molar-refractivity contribution < 1.29 is 44.2 Å². The molecule has 260 valence electrons. The number of carboxylic acids is 1. The molecule has 6 rings (SSSR count). The van der Waals surface area contributed by atoms with Crippen LogP contribution in [0.4, 0.5) is 0 Å². The highest BCUT2D eigenvalue weighted by Crippen LogP contribution is 2.76. The summed E-state index contributed by atoms with van der Waals surface area (Å²) in [6.07, 6.45) is 3.73. The third-order valence-electron chi connectivity index (χ3n) is 15.3. The topological polar surface area (TPSA) is 143 Å². The standard InChI is InChI=1S/C37H58O9/c1-32(2)15-17-37(31(42)43)18-16-35(6)20(21(37)19-32)9-10-23-34(5)13-12-24(33(3,4)22(34)11-14-36(23,35)7)45-30-27(40)25(38)26(39)28(46-30)29(41)44-8/h9,21-28,30,38-40H,10-19H2,1-8H3,(H,42,43)/t21-,22+,23-,24-,25-,26-,27+,28-,30+,34-,35+,36+,37-/m0/s1. The van der Waals surface area contributed by atoms with Gasteiger partial charge in [0, 0.05) is 0 Å². The summed E-state index contributed by atoms with van der Waals surface area (Å²) < 4.78 is 17.0. The molecule has 0 spiro atoms. The lowest BCUT2D eigenvalue weighted by Crippen LogP contribution is -2.66. The zero-order chi connectivity index (χ0) is 33.8. The number of carbonyl (C=O) groups excluding carboxylic acids is 1. The van der Waals surface area contributed by atoms with Gasteiger partial charge in [-0.25, -0.2) is 4.79 Å². The first-order valence-corrected chi connectivity index (χ1v) is 17.7. The number of aliphatic carboxylic acids is 1. The van der Waals surface area contributed by atoms with Crippen molar-refractivity contribution in [2.45, 2.75) is 149 Å². The van der Waals surface area contributed by atoms with E-state index in [1.807, 2.05) is 0 Å². The number of carboxylic acid groups (broad SMARTS) is 1. The summed E-state index contributed by atoms with van der Waals surface area (Å²) in [6.45, 7) is 16.5. The van der Waals surface area contributed by atoms with Gasteiger partial charge in [0.1, 0.15) is 18.3 Å². The number of hydrogen-bond acceptors (Lipinski definition) is 8. The van der Waals surface area contributed by atoms with Crippen LogP contribution in [-0.4, -0.2) is 76.3 Å². The number of rotatable bonds is 4. The Labute approximate surface area is 274 Å². The summed E-state index contributed by atoms with van der Waals surface area (Å²) in [5.41, 5.74) is 0.605. The number of carbonyl (C=O) groups is 2. The predicted octanol–water partition coefficient (Wildman–Crippen LogP) is 5.24.